The van der Waals surface area contributed by atoms with Crippen molar-refractivity contribution in [2.24, 2.45) is 0 Å². The molecule has 14 rings (SSSR count). The van der Waals surface area contributed by atoms with Gasteiger partial charge in [-0.3, -0.25) is 0 Å². The fraction of sp³-hybridized carbons (Fsp3) is 0. The predicted molar refractivity (Wildman–Crippen MR) is 278 cm³/mol. The summed E-state index contributed by atoms with van der Waals surface area (Å²) < 4.78 is 6.16. The Hall–Kier alpha value is -8.99. The van der Waals surface area contributed by atoms with Gasteiger partial charge in [-0.15, -0.1) is 0 Å². The first-order chi connectivity index (χ1) is 33.2. The monoisotopic (exact) mass is 851 g/mol. The molecule has 2 aromatic heterocycles. The quantitative estimate of drug-likeness (QED) is 0.156. The minimum Gasteiger partial charge on any atom is -0.456 e. The molecule has 0 bridgehead atoms. The van der Waals surface area contributed by atoms with Gasteiger partial charge in [0.1, 0.15) is 11.3 Å². The number of hydrogen-bond donors (Lipinski definition) is 0. The molecule has 4 nitrogen and oxygen atoms in total. The Balaban J connectivity index is 0.861. The molecule has 0 unspecified atom stereocenters. The molecule has 0 saturated carbocycles. The average Bonchev–Trinajstić information content (AvgIpc) is 3.84. The minimum atomic E-state index is 0.610. The Bertz CT molecular complexity index is 4210. The van der Waals surface area contributed by atoms with E-state index in [-0.39, 0.29) is 0 Å². The summed E-state index contributed by atoms with van der Waals surface area (Å²) in [7, 11) is 0. The molecular formula is C63H37N3O. The van der Waals surface area contributed by atoms with Crippen LogP contribution in [0.3, 0.4) is 0 Å². The van der Waals surface area contributed by atoms with Crippen LogP contribution in [0.2, 0.25) is 0 Å². The summed E-state index contributed by atoms with van der Waals surface area (Å²) in [4.78, 5) is 15.1. The Morgan fingerprint density at radius 3 is 1.27 bits per heavy atom. The van der Waals surface area contributed by atoms with Crippen LogP contribution in [0.15, 0.2) is 229 Å². The number of fused-ring (bicyclic) bond motifs is 3. The first-order valence-electron chi connectivity index (χ1n) is 22.7. The first-order valence-corrected chi connectivity index (χ1v) is 22.7. The summed E-state index contributed by atoms with van der Waals surface area (Å²) in [6, 6.07) is 80.3. The summed E-state index contributed by atoms with van der Waals surface area (Å²) in [6.45, 7) is 0. The van der Waals surface area contributed by atoms with Gasteiger partial charge in [0.15, 0.2) is 17.5 Å². The van der Waals surface area contributed by atoms with Crippen LogP contribution >= 0.6 is 0 Å². The predicted octanol–water partition coefficient (Wildman–Crippen LogP) is 17.0. The molecule has 0 aliphatic carbocycles. The van der Waals surface area contributed by atoms with Gasteiger partial charge in [0.2, 0.25) is 0 Å². The third-order valence-corrected chi connectivity index (χ3v) is 13.6. The van der Waals surface area contributed by atoms with Gasteiger partial charge < -0.3 is 4.42 Å². The molecule has 14 aromatic rings. The molecule has 12 aromatic carbocycles. The molecule has 4 heteroatoms. The van der Waals surface area contributed by atoms with E-state index < -0.39 is 0 Å². The molecule has 2 heterocycles. The maximum absolute atomic E-state index is 6.16. The Kier molecular flexibility index (Phi) is 8.25. The van der Waals surface area contributed by atoms with Crippen LogP contribution in [0, 0.1) is 0 Å². The first kappa shape index (κ1) is 37.4. The summed E-state index contributed by atoms with van der Waals surface area (Å²) in [6.07, 6.45) is 0. The van der Waals surface area contributed by atoms with E-state index >= 15 is 0 Å². The number of nitrogens with zero attached hydrogens (tertiary/aromatic N) is 3. The zero-order valence-corrected chi connectivity index (χ0v) is 36.1. The van der Waals surface area contributed by atoms with E-state index in [0.717, 1.165) is 50.1 Å². The second-order valence-corrected chi connectivity index (χ2v) is 17.5. The third-order valence-electron chi connectivity index (χ3n) is 13.6. The van der Waals surface area contributed by atoms with Gasteiger partial charge >= 0.3 is 0 Å². The van der Waals surface area contributed by atoms with E-state index in [1.54, 1.807) is 0 Å². The lowest BCUT2D eigenvalue weighted by molar-refractivity contribution is 0.631. The van der Waals surface area contributed by atoms with Crippen molar-refractivity contribution in [1.29, 1.82) is 0 Å². The highest BCUT2D eigenvalue weighted by molar-refractivity contribution is 6.37. The van der Waals surface area contributed by atoms with E-state index in [2.05, 4.69) is 176 Å². The lowest BCUT2D eigenvalue weighted by atomic mass is 9.86. The molecule has 0 radical (unpaired) electrons. The highest BCUT2D eigenvalue weighted by Gasteiger charge is 2.18. The van der Waals surface area contributed by atoms with Gasteiger partial charge in [-0.05, 0) is 117 Å². The van der Waals surface area contributed by atoms with Crippen LogP contribution < -0.4 is 0 Å². The molecule has 0 fully saturated rings. The van der Waals surface area contributed by atoms with Crippen molar-refractivity contribution in [1.82, 2.24) is 15.0 Å². The lowest BCUT2D eigenvalue weighted by Crippen LogP contribution is -2.00. The van der Waals surface area contributed by atoms with E-state index in [4.69, 9.17) is 19.4 Å². The number of hydrogen-bond acceptors (Lipinski definition) is 4. The number of furan rings is 1. The average molecular weight is 852 g/mol. The van der Waals surface area contributed by atoms with Crippen molar-refractivity contribution in [3.8, 4) is 67.7 Å². The minimum absolute atomic E-state index is 0.610. The van der Waals surface area contributed by atoms with E-state index in [0.29, 0.717) is 17.5 Å². The normalized spacial score (nSPS) is 11.9. The van der Waals surface area contributed by atoms with Gasteiger partial charge in [-0.25, -0.2) is 15.0 Å². The second kappa shape index (κ2) is 14.8. The second-order valence-electron chi connectivity index (χ2n) is 17.5. The van der Waals surface area contributed by atoms with Crippen molar-refractivity contribution in [2.45, 2.75) is 0 Å². The van der Waals surface area contributed by atoms with Gasteiger partial charge in [0.05, 0.1) is 0 Å². The molecule has 0 atom stereocenters. The van der Waals surface area contributed by atoms with Crippen molar-refractivity contribution in [3.63, 3.8) is 0 Å². The molecule has 0 amide bonds. The topological polar surface area (TPSA) is 51.8 Å². The largest absolute Gasteiger partial charge is 0.456 e. The van der Waals surface area contributed by atoms with E-state index in [9.17, 15) is 0 Å². The zero-order chi connectivity index (χ0) is 44.0. The van der Waals surface area contributed by atoms with Crippen LogP contribution in [0.5, 0.6) is 0 Å². The Labute approximate surface area is 385 Å². The Morgan fingerprint density at radius 1 is 0.239 bits per heavy atom. The van der Waals surface area contributed by atoms with Gasteiger partial charge in [0, 0.05) is 27.6 Å². The van der Waals surface area contributed by atoms with Crippen LogP contribution in [0.25, 0.3) is 143 Å². The standard InChI is InChI=1S/C63H37N3O/c1-2-10-43(11-3-1)61-64-62(66-63(65-61)45-31-24-39(25-32-45)56-37-48-12-4-5-21-55(48)67-56)44-29-22-38(23-30-44)46-16-6-17-47(34-46)50-35-49-33-28-42-14-8-19-52-51-18-7-13-40-26-27-41-15-9-20-53(59(41)57(40)51)54(36-50)60(49)58(42)52/h1-37H. The van der Waals surface area contributed by atoms with E-state index in [1.807, 2.05) is 48.5 Å². The lowest BCUT2D eigenvalue weighted by Gasteiger charge is -2.17. The molecule has 0 N–H and O–H groups in total. The van der Waals surface area contributed by atoms with Gasteiger partial charge in [-0.1, -0.05) is 194 Å². The fourth-order valence-electron chi connectivity index (χ4n) is 10.4. The van der Waals surface area contributed by atoms with Crippen molar-refractivity contribution in [3.05, 3.63) is 224 Å². The third kappa shape index (κ3) is 6.11. The molecule has 0 spiro atoms. The van der Waals surface area contributed by atoms with Gasteiger partial charge in [-0.2, -0.15) is 0 Å². The highest BCUT2D eigenvalue weighted by Crippen LogP contribution is 2.45. The molecule has 310 valence electrons. The molecular weight excluding hydrogens is 815 g/mol. The number of benzene rings is 11. The maximum Gasteiger partial charge on any atom is 0.164 e. The molecule has 0 aliphatic heterocycles. The summed E-state index contributed by atoms with van der Waals surface area (Å²) in [5.74, 6) is 2.68. The van der Waals surface area contributed by atoms with Gasteiger partial charge in [0.25, 0.3) is 0 Å². The number of para-hydroxylation sites is 1. The van der Waals surface area contributed by atoms with Crippen LogP contribution in [0.4, 0.5) is 0 Å². The zero-order valence-electron chi connectivity index (χ0n) is 36.1. The number of aromatic nitrogens is 3. The smallest absolute Gasteiger partial charge is 0.164 e. The number of rotatable bonds is 6. The Morgan fingerprint density at radius 2 is 0.672 bits per heavy atom. The van der Waals surface area contributed by atoms with Crippen LogP contribution in [0.1, 0.15) is 0 Å². The van der Waals surface area contributed by atoms with Crippen LogP contribution in [-0.2, 0) is 0 Å². The van der Waals surface area contributed by atoms with Crippen molar-refractivity contribution in [2.75, 3.05) is 0 Å². The highest BCUT2D eigenvalue weighted by atomic mass is 16.3. The summed E-state index contributed by atoms with van der Waals surface area (Å²) in [5, 5.41) is 16.5. The van der Waals surface area contributed by atoms with Crippen molar-refractivity contribution >= 4 is 75.6 Å². The molecule has 0 saturated heterocycles. The molecule has 0 aliphatic rings. The maximum atomic E-state index is 6.16. The fourth-order valence-corrected chi connectivity index (χ4v) is 10.4. The van der Waals surface area contributed by atoms with E-state index in [1.165, 1.54) is 75.8 Å². The SMILES string of the molecule is c1ccc(-c2nc(-c3ccc(-c4cccc(-c5cc6ccc7cccc8c9cccc%10ccc%11cccc(c(c5)c6c78)c%11c%109)c4)cc3)nc(-c3ccc(-c4cc5ccccc5o4)cc3)n2)cc1. The van der Waals surface area contributed by atoms with Crippen LogP contribution in [-0.4, -0.2) is 15.0 Å². The summed E-state index contributed by atoms with van der Waals surface area (Å²) >= 11 is 0. The van der Waals surface area contributed by atoms with Crippen molar-refractivity contribution < 1.29 is 4.42 Å². The summed E-state index contributed by atoms with van der Waals surface area (Å²) in [5.41, 5.74) is 9.22. The molecule has 67 heavy (non-hydrogen) atoms.